The van der Waals surface area contributed by atoms with Crippen LogP contribution in [0.5, 0.6) is 0 Å². The minimum atomic E-state index is -0.230. The van der Waals surface area contributed by atoms with Gasteiger partial charge < -0.3 is 4.74 Å². The van der Waals surface area contributed by atoms with Crippen molar-refractivity contribution in [2.45, 2.75) is 32.2 Å². The van der Waals surface area contributed by atoms with Gasteiger partial charge in [0.05, 0.1) is 12.7 Å². The van der Waals surface area contributed by atoms with Crippen LogP contribution in [-0.2, 0) is 9.53 Å². The minimum Gasteiger partial charge on any atom is -0.466 e. The fourth-order valence-electron chi connectivity index (χ4n) is 2.66. The molecule has 2 rings (SSSR count). The molecule has 20 heavy (non-hydrogen) atoms. The summed E-state index contributed by atoms with van der Waals surface area (Å²) in [5.41, 5.74) is 1.77. The van der Waals surface area contributed by atoms with Gasteiger partial charge in [-0.3, -0.25) is 4.90 Å². The van der Waals surface area contributed by atoms with Gasteiger partial charge in [-0.2, -0.15) is 0 Å². The van der Waals surface area contributed by atoms with Gasteiger partial charge in [0.25, 0.3) is 0 Å². The highest BCUT2D eigenvalue weighted by molar-refractivity contribution is 5.94. The molecule has 0 aliphatic carbocycles. The van der Waals surface area contributed by atoms with Crippen LogP contribution < -0.4 is 0 Å². The Hall–Kier alpha value is -1.61. The summed E-state index contributed by atoms with van der Waals surface area (Å²) >= 11 is 0. The van der Waals surface area contributed by atoms with Crippen LogP contribution in [0, 0.1) is 0 Å². The van der Waals surface area contributed by atoms with Crippen molar-refractivity contribution in [1.82, 2.24) is 4.90 Å². The van der Waals surface area contributed by atoms with Crippen LogP contribution in [0.2, 0.25) is 0 Å². The molecule has 0 amide bonds. The molecular weight excluding hydrogens is 250 g/mol. The van der Waals surface area contributed by atoms with Gasteiger partial charge in [-0.15, -0.1) is 0 Å². The molecule has 1 fully saturated rings. The van der Waals surface area contributed by atoms with Gasteiger partial charge >= 0.3 is 5.97 Å². The maximum Gasteiger partial charge on any atom is 0.335 e. The molecule has 0 radical (unpaired) electrons. The van der Waals surface area contributed by atoms with E-state index in [2.05, 4.69) is 11.8 Å². The number of piperidine rings is 1. The SMILES string of the molecule is COC(=O)C(=Cc1ccccc1)CN1CCCCC1C. The number of methoxy groups -OCH3 is 1. The summed E-state index contributed by atoms with van der Waals surface area (Å²) in [5.74, 6) is -0.230. The first-order chi connectivity index (χ1) is 9.70. The van der Waals surface area contributed by atoms with Crippen molar-refractivity contribution in [3.05, 3.63) is 41.5 Å². The molecular formula is C17H23NO2. The van der Waals surface area contributed by atoms with Crippen molar-refractivity contribution in [3.8, 4) is 0 Å². The van der Waals surface area contributed by atoms with Gasteiger partial charge in [0.2, 0.25) is 0 Å². The largest absolute Gasteiger partial charge is 0.466 e. The average molecular weight is 273 g/mol. The zero-order chi connectivity index (χ0) is 14.4. The Morgan fingerprint density at radius 1 is 1.35 bits per heavy atom. The third kappa shape index (κ3) is 3.94. The summed E-state index contributed by atoms with van der Waals surface area (Å²) in [6.07, 6.45) is 5.64. The Bertz CT molecular complexity index is 467. The van der Waals surface area contributed by atoms with Crippen LogP contribution in [0.25, 0.3) is 6.08 Å². The summed E-state index contributed by atoms with van der Waals surface area (Å²) in [4.78, 5) is 14.3. The molecule has 0 N–H and O–H groups in total. The number of esters is 1. The lowest BCUT2D eigenvalue weighted by molar-refractivity contribution is -0.136. The maximum atomic E-state index is 12.0. The number of hydrogen-bond donors (Lipinski definition) is 0. The Kier molecular flexibility index (Phi) is 5.36. The van der Waals surface area contributed by atoms with Crippen molar-refractivity contribution in [2.24, 2.45) is 0 Å². The highest BCUT2D eigenvalue weighted by Gasteiger charge is 2.21. The van der Waals surface area contributed by atoms with Gasteiger partial charge in [0.1, 0.15) is 0 Å². The molecule has 1 aromatic rings. The van der Waals surface area contributed by atoms with E-state index in [9.17, 15) is 4.79 Å². The van der Waals surface area contributed by atoms with E-state index in [1.807, 2.05) is 36.4 Å². The predicted molar refractivity (Wildman–Crippen MR) is 81.3 cm³/mol. The lowest BCUT2D eigenvalue weighted by Gasteiger charge is -2.33. The summed E-state index contributed by atoms with van der Waals surface area (Å²) < 4.78 is 4.93. The van der Waals surface area contributed by atoms with Crippen molar-refractivity contribution >= 4 is 12.0 Å². The van der Waals surface area contributed by atoms with Crippen molar-refractivity contribution < 1.29 is 9.53 Å². The van der Waals surface area contributed by atoms with E-state index in [1.165, 1.54) is 26.4 Å². The average Bonchev–Trinajstić information content (AvgIpc) is 2.49. The molecule has 1 aliphatic heterocycles. The number of carbonyl (C=O) groups excluding carboxylic acids is 1. The first kappa shape index (κ1) is 14.8. The standard InChI is InChI=1S/C17H23NO2/c1-14-8-6-7-11-18(14)13-16(17(19)20-2)12-15-9-4-3-5-10-15/h3-5,9-10,12,14H,6-8,11,13H2,1-2H3. The zero-order valence-electron chi connectivity index (χ0n) is 12.3. The van der Waals surface area contributed by atoms with E-state index in [0.29, 0.717) is 12.6 Å². The van der Waals surface area contributed by atoms with E-state index >= 15 is 0 Å². The minimum absolute atomic E-state index is 0.230. The van der Waals surface area contributed by atoms with Crippen LogP contribution in [0.1, 0.15) is 31.7 Å². The normalized spacial score (nSPS) is 20.7. The van der Waals surface area contributed by atoms with Crippen LogP contribution >= 0.6 is 0 Å². The monoisotopic (exact) mass is 273 g/mol. The van der Waals surface area contributed by atoms with E-state index in [-0.39, 0.29) is 5.97 Å². The molecule has 0 bridgehead atoms. The predicted octanol–water partition coefficient (Wildman–Crippen LogP) is 3.12. The van der Waals surface area contributed by atoms with E-state index in [0.717, 1.165) is 17.7 Å². The number of hydrogen-bond acceptors (Lipinski definition) is 3. The van der Waals surface area contributed by atoms with E-state index in [4.69, 9.17) is 4.74 Å². The molecule has 1 saturated heterocycles. The second-order valence-electron chi connectivity index (χ2n) is 5.39. The van der Waals surface area contributed by atoms with E-state index in [1.54, 1.807) is 0 Å². The number of rotatable bonds is 4. The Morgan fingerprint density at radius 2 is 2.10 bits per heavy atom. The topological polar surface area (TPSA) is 29.5 Å². The third-order valence-corrected chi connectivity index (χ3v) is 3.90. The second kappa shape index (κ2) is 7.25. The van der Waals surface area contributed by atoms with Crippen molar-refractivity contribution in [1.29, 1.82) is 0 Å². The van der Waals surface area contributed by atoms with Crippen molar-refractivity contribution in [2.75, 3.05) is 20.2 Å². The number of benzene rings is 1. The van der Waals surface area contributed by atoms with Gasteiger partial charge in [-0.1, -0.05) is 36.8 Å². The molecule has 1 unspecified atom stereocenters. The first-order valence-electron chi connectivity index (χ1n) is 7.28. The van der Waals surface area contributed by atoms with Crippen LogP contribution in [-0.4, -0.2) is 37.1 Å². The van der Waals surface area contributed by atoms with Gasteiger partial charge in [-0.25, -0.2) is 4.79 Å². The highest BCUT2D eigenvalue weighted by Crippen LogP contribution is 2.19. The Morgan fingerprint density at radius 3 is 2.75 bits per heavy atom. The Labute approximate surface area is 121 Å². The molecule has 1 aliphatic rings. The summed E-state index contributed by atoms with van der Waals surface area (Å²) in [5, 5.41) is 0. The fraction of sp³-hybridized carbons (Fsp3) is 0.471. The second-order valence-corrected chi connectivity index (χ2v) is 5.39. The lowest BCUT2D eigenvalue weighted by atomic mass is 10.0. The molecule has 1 heterocycles. The van der Waals surface area contributed by atoms with Crippen LogP contribution in [0.4, 0.5) is 0 Å². The number of ether oxygens (including phenoxy) is 1. The van der Waals surface area contributed by atoms with Crippen LogP contribution in [0.3, 0.4) is 0 Å². The van der Waals surface area contributed by atoms with Gasteiger partial charge in [0.15, 0.2) is 0 Å². The molecule has 3 nitrogen and oxygen atoms in total. The molecule has 1 aromatic carbocycles. The summed E-state index contributed by atoms with van der Waals surface area (Å²) in [7, 11) is 1.45. The number of nitrogens with zero attached hydrogens (tertiary/aromatic N) is 1. The molecule has 0 aromatic heterocycles. The first-order valence-corrected chi connectivity index (χ1v) is 7.28. The summed E-state index contributed by atoms with van der Waals surface area (Å²) in [6, 6.07) is 10.5. The van der Waals surface area contributed by atoms with Gasteiger partial charge in [-0.05, 0) is 37.9 Å². The lowest BCUT2D eigenvalue weighted by Crippen LogP contribution is -2.39. The maximum absolute atomic E-state index is 12.0. The van der Waals surface area contributed by atoms with Crippen LogP contribution in [0.15, 0.2) is 35.9 Å². The molecule has 0 spiro atoms. The molecule has 108 valence electrons. The highest BCUT2D eigenvalue weighted by atomic mass is 16.5. The number of likely N-dealkylation sites (tertiary alicyclic amines) is 1. The van der Waals surface area contributed by atoms with E-state index < -0.39 is 0 Å². The quantitative estimate of drug-likeness (QED) is 0.623. The van der Waals surface area contributed by atoms with Crippen molar-refractivity contribution in [3.63, 3.8) is 0 Å². The molecule has 3 heteroatoms. The fourth-order valence-corrected chi connectivity index (χ4v) is 2.66. The summed E-state index contributed by atoms with van der Waals surface area (Å²) in [6.45, 7) is 3.96. The molecule has 0 saturated carbocycles. The Balaban J connectivity index is 2.15. The third-order valence-electron chi connectivity index (χ3n) is 3.90. The van der Waals surface area contributed by atoms with Gasteiger partial charge in [0, 0.05) is 12.6 Å². The zero-order valence-corrected chi connectivity index (χ0v) is 12.3. The molecule has 1 atom stereocenters. The smallest absolute Gasteiger partial charge is 0.335 e. The number of carbonyl (C=O) groups is 1.